The first-order valence-electron chi connectivity index (χ1n) is 14.2. The number of nitrogens with zero attached hydrogens (tertiary/aromatic N) is 1. The highest BCUT2D eigenvalue weighted by Gasteiger charge is 2.24. The third-order valence-corrected chi connectivity index (χ3v) is 6.97. The summed E-state index contributed by atoms with van der Waals surface area (Å²) in [5.74, 6) is 0. The van der Waals surface area contributed by atoms with Crippen LogP contribution >= 0.6 is 0 Å². The Balaban J connectivity index is 3.63. The minimum absolute atomic E-state index is 1.18. The van der Waals surface area contributed by atoms with Crippen molar-refractivity contribution >= 4 is 0 Å². The zero-order valence-electron chi connectivity index (χ0n) is 21.7. The highest BCUT2D eigenvalue weighted by molar-refractivity contribution is 4.67. The maximum absolute atomic E-state index is 4.07. The zero-order valence-corrected chi connectivity index (χ0v) is 21.7. The molecule has 0 amide bonds. The average Bonchev–Trinajstić information content (AvgIpc) is 2.76. The molecule has 0 heterocycles. The zero-order chi connectivity index (χ0) is 22.2. The van der Waals surface area contributed by atoms with Crippen LogP contribution in [0.25, 0.3) is 0 Å². The summed E-state index contributed by atoms with van der Waals surface area (Å²) in [7, 11) is 0. The van der Waals surface area contributed by atoms with Crippen LogP contribution in [0.1, 0.15) is 149 Å². The smallest absolute Gasteiger partial charge is 0.0971 e. The SMILES string of the molecule is C=CC[N+](CCCC)(CCCC)CCCCCCCCCCCCCCCCCC. The number of hydrogen-bond donors (Lipinski definition) is 0. The molecule has 0 atom stereocenters. The van der Waals surface area contributed by atoms with E-state index < -0.39 is 0 Å². The number of hydrogen-bond acceptors (Lipinski definition) is 0. The van der Waals surface area contributed by atoms with Crippen LogP contribution in [0.5, 0.6) is 0 Å². The molecule has 0 aromatic heterocycles. The summed E-state index contributed by atoms with van der Waals surface area (Å²) in [4.78, 5) is 0. The third-order valence-electron chi connectivity index (χ3n) is 6.97. The van der Waals surface area contributed by atoms with Crippen molar-refractivity contribution in [1.82, 2.24) is 0 Å². The lowest BCUT2D eigenvalue weighted by Gasteiger charge is -2.38. The first kappa shape index (κ1) is 29.7. The summed E-state index contributed by atoms with van der Waals surface area (Å²) in [5.41, 5.74) is 0. The van der Waals surface area contributed by atoms with Gasteiger partial charge < -0.3 is 4.48 Å². The standard InChI is InChI=1S/C29H60N/c1-5-9-12-13-14-15-16-17-18-19-20-21-22-23-24-25-29-30(26-8-4,27-10-6-2)28-11-7-3/h8H,4-7,9-29H2,1-3H3/q+1. The van der Waals surface area contributed by atoms with Crippen LogP contribution in [-0.2, 0) is 0 Å². The van der Waals surface area contributed by atoms with Crippen molar-refractivity contribution in [2.24, 2.45) is 0 Å². The minimum Gasteiger partial charge on any atom is -0.320 e. The van der Waals surface area contributed by atoms with Gasteiger partial charge in [-0.3, -0.25) is 0 Å². The van der Waals surface area contributed by atoms with Gasteiger partial charge in [-0.05, 0) is 31.8 Å². The second-order valence-electron chi connectivity index (χ2n) is 9.99. The Morgan fingerprint density at radius 2 is 0.733 bits per heavy atom. The molecule has 1 heteroatoms. The molecule has 0 unspecified atom stereocenters. The topological polar surface area (TPSA) is 0 Å². The summed E-state index contributed by atoms with van der Waals surface area (Å²) in [6.45, 7) is 16.3. The van der Waals surface area contributed by atoms with Crippen LogP contribution in [-0.4, -0.2) is 30.7 Å². The molecule has 0 aliphatic rings. The van der Waals surface area contributed by atoms with Gasteiger partial charge in [0, 0.05) is 0 Å². The van der Waals surface area contributed by atoms with Gasteiger partial charge in [-0.1, -0.05) is 130 Å². The Labute approximate surface area is 192 Å². The van der Waals surface area contributed by atoms with Gasteiger partial charge in [0.05, 0.1) is 26.2 Å². The predicted octanol–water partition coefficient (Wildman–Crippen LogP) is 9.85. The normalized spacial score (nSPS) is 11.8. The van der Waals surface area contributed by atoms with Gasteiger partial charge >= 0.3 is 0 Å². The lowest BCUT2D eigenvalue weighted by molar-refractivity contribution is -0.923. The fourth-order valence-corrected chi connectivity index (χ4v) is 4.87. The van der Waals surface area contributed by atoms with E-state index in [0.29, 0.717) is 0 Å². The van der Waals surface area contributed by atoms with Gasteiger partial charge in [-0.25, -0.2) is 0 Å². The largest absolute Gasteiger partial charge is 0.320 e. The second kappa shape index (κ2) is 23.4. The molecule has 0 radical (unpaired) electrons. The number of unbranched alkanes of at least 4 members (excludes halogenated alkanes) is 17. The molecular formula is C29H60N+. The van der Waals surface area contributed by atoms with Crippen LogP contribution in [0.2, 0.25) is 0 Å². The van der Waals surface area contributed by atoms with Crippen LogP contribution in [0, 0.1) is 0 Å². The van der Waals surface area contributed by atoms with E-state index in [1.54, 1.807) is 0 Å². The van der Waals surface area contributed by atoms with Crippen molar-refractivity contribution in [3.8, 4) is 0 Å². The Morgan fingerprint density at radius 1 is 0.433 bits per heavy atom. The molecule has 0 fully saturated rings. The maximum Gasteiger partial charge on any atom is 0.0971 e. The molecule has 0 aliphatic carbocycles. The van der Waals surface area contributed by atoms with E-state index >= 15 is 0 Å². The number of rotatable bonds is 25. The highest BCUT2D eigenvalue weighted by Crippen LogP contribution is 2.17. The minimum atomic E-state index is 1.18. The van der Waals surface area contributed by atoms with Crippen LogP contribution < -0.4 is 0 Å². The second-order valence-corrected chi connectivity index (χ2v) is 9.99. The van der Waals surface area contributed by atoms with Crippen molar-refractivity contribution in [3.05, 3.63) is 12.7 Å². The van der Waals surface area contributed by atoms with Crippen molar-refractivity contribution in [2.45, 2.75) is 149 Å². The monoisotopic (exact) mass is 422 g/mol. The molecular weight excluding hydrogens is 362 g/mol. The lowest BCUT2D eigenvalue weighted by Crippen LogP contribution is -2.50. The summed E-state index contributed by atoms with van der Waals surface area (Å²) < 4.78 is 1.31. The molecule has 0 saturated carbocycles. The van der Waals surface area contributed by atoms with E-state index in [2.05, 4.69) is 33.4 Å². The fraction of sp³-hybridized carbons (Fsp3) is 0.931. The quantitative estimate of drug-likeness (QED) is 0.0779. The molecule has 0 aliphatic heterocycles. The van der Waals surface area contributed by atoms with E-state index in [4.69, 9.17) is 0 Å². The van der Waals surface area contributed by atoms with Gasteiger partial charge in [0.25, 0.3) is 0 Å². The molecule has 0 saturated heterocycles. The summed E-state index contributed by atoms with van der Waals surface area (Å²) in [6, 6.07) is 0. The predicted molar refractivity (Wildman–Crippen MR) is 139 cm³/mol. The van der Waals surface area contributed by atoms with E-state index in [9.17, 15) is 0 Å². The first-order chi connectivity index (χ1) is 14.7. The third kappa shape index (κ3) is 18.5. The van der Waals surface area contributed by atoms with E-state index in [0.717, 1.165) is 0 Å². The van der Waals surface area contributed by atoms with Crippen LogP contribution in [0.15, 0.2) is 12.7 Å². The average molecular weight is 423 g/mol. The Bertz CT molecular complexity index is 327. The van der Waals surface area contributed by atoms with Gasteiger partial charge in [0.15, 0.2) is 0 Å². The van der Waals surface area contributed by atoms with E-state index in [1.165, 1.54) is 159 Å². The van der Waals surface area contributed by atoms with Crippen molar-refractivity contribution in [1.29, 1.82) is 0 Å². The fourth-order valence-electron chi connectivity index (χ4n) is 4.87. The van der Waals surface area contributed by atoms with Gasteiger partial charge in [-0.2, -0.15) is 0 Å². The Kier molecular flexibility index (Phi) is 23.1. The van der Waals surface area contributed by atoms with Crippen molar-refractivity contribution < 1.29 is 4.48 Å². The highest BCUT2D eigenvalue weighted by atomic mass is 15.3. The molecule has 180 valence electrons. The number of quaternary nitrogens is 1. The summed E-state index contributed by atoms with van der Waals surface area (Å²) >= 11 is 0. The molecule has 0 spiro atoms. The van der Waals surface area contributed by atoms with Crippen molar-refractivity contribution in [2.75, 3.05) is 26.2 Å². The van der Waals surface area contributed by atoms with Gasteiger partial charge in [0.1, 0.15) is 0 Å². The van der Waals surface area contributed by atoms with Crippen LogP contribution in [0.3, 0.4) is 0 Å². The maximum atomic E-state index is 4.07. The first-order valence-corrected chi connectivity index (χ1v) is 14.2. The molecule has 30 heavy (non-hydrogen) atoms. The van der Waals surface area contributed by atoms with Crippen LogP contribution in [0.4, 0.5) is 0 Å². The molecule has 1 nitrogen and oxygen atoms in total. The van der Waals surface area contributed by atoms with Gasteiger partial charge in [0.2, 0.25) is 0 Å². The lowest BCUT2D eigenvalue weighted by atomic mass is 10.0. The summed E-state index contributed by atoms with van der Waals surface area (Å²) in [5, 5.41) is 0. The molecule has 0 N–H and O–H groups in total. The molecule has 0 bridgehead atoms. The van der Waals surface area contributed by atoms with E-state index in [1.807, 2.05) is 0 Å². The van der Waals surface area contributed by atoms with Crippen molar-refractivity contribution in [3.63, 3.8) is 0 Å². The van der Waals surface area contributed by atoms with Gasteiger partial charge in [-0.15, -0.1) is 0 Å². The summed E-state index contributed by atoms with van der Waals surface area (Å²) in [6.07, 6.45) is 30.9. The molecule has 0 aromatic carbocycles. The van der Waals surface area contributed by atoms with E-state index in [-0.39, 0.29) is 0 Å². The Hall–Kier alpha value is -0.300. The molecule has 0 aromatic rings. The molecule has 0 rings (SSSR count). The Morgan fingerprint density at radius 3 is 1.07 bits per heavy atom.